The fraction of sp³-hybridized carbons (Fsp3) is 1.00. The first kappa shape index (κ1) is 11.4. The molecule has 0 bridgehead atoms. The van der Waals surface area contributed by atoms with Gasteiger partial charge in [0.15, 0.2) is 0 Å². The summed E-state index contributed by atoms with van der Waals surface area (Å²) < 4.78 is 5.57. The van der Waals surface area contributed by atoms with Gasteiger partial charge in [0.1, 0.15) is 0 Å². The molecule has 2 heteroatoms. The zero-order chi connectivity index (χ0) is 10.5. The molecule has 1 N–H and O–H groups in total. The van der Waals surface area contributed by atoms with E-state index in [1.807, 2.05) is 7.11 Å². The molecule has 2 aliphatic carbocycles. The zero-order valence-electron chi connectivity index (χ0n) is 10.0. The minimum Gasteiger partial charge on any atom is -0.381 e. The molecule has 2 nitrogen and oxygen atoms in total. The lowest BCUT2D eigenvalue weighted by Gasteiger charge is -2.30. The van der Waals surface area contributed by atoms with Gasteiger partial charge >= 0.3 is 0 Å². The van der Waals surface area contributed by atoms with Crippen LogP contribution in [0.2, 0.25) is 0 Å². The summed E-state index contributed by atoms with van der Waals surface area (Å²) in [6, 6.07) is 0. The highest BCUT2D eigenvalue weighted by Crippen LogP contribution is 2.29. The maximum Gasteiger partial charge on any atom is 0.0600 e. The van der Waals surface area contributed by atoms with Gasteiger partial charge < -0.3 is 10.1 Å². The Balaban J connectivity index is 1.58. The lowest BCUT2D eigenvalue weighted by atomic mass is 9.84. The van der Waals surface area contributed by atoms with E-state index in [-0.39, 0.29) is 0 Å². The molecule has 2 atom stereocenters. The second kappa shape index (κ2) is 5.86. The average Bonchev–Trinajstić information content (AvgIpc) is 3.09. The molecule has 0 aromatic rings. The molecule has 15 heavy (non-hydrogen) atoms. The molecule has 0 radical (unpaired) electrons. The van der Waals surface area contributed by atoms with Crippen LogP contribution in [0.25, 0.3) is 0 Å². The summed E-state index contributed by atoms with van der Waals surface area (Å²) in [5.41, 5.74) is 0. The Hall–Kier alpha value is -0.0800. The first-order chi connectivity index (χ1) is 7.40. The van der Waals surface area contributed by atoms with Crippen LogP contribution in [-0.4, -0.2) is 26.3 Å². The average molecular weight is 211 g/mol. The Morgan fingerprint density at radius 2 is 1.93 bits per heavy atom. The molecule has 0 unspecified atom stereocenters. The molecular weight excluding hydrogens is 186 g/mol. The zero-order valence-corrected chi connectivity index (χ0v) is 10.0. The van der Waals surface area contributed by atoms with Gasteiger partial charge in [0.25, 0.3) is 0 Å². The Bertz CT molecular complexity index is 179. The van der Waals surface area contributed by atoms with Crippen LogP contribution >= 0.6 is 0 Å². The maximum absolute atomic E-state index is 5.57. The van der Waals surface area contributed by atoms with Crippen molar-refractivity contribution in [3.05, 3.63) is 0 Å². The predicted molar refractivity (Wildman–Crippen MR) is 63.0 cm³/mol. The van der Waals surface area contributed by atoms with Crippen LogP contribution in [0.15, 0.2) is 0 Å². The van der Waals surface area contributed by atoms with Crippen molar-refractivity contribution in [2.75, 3.05) is 20.2 Å². The SMILES string of the molecule is CO[C@@H]1CCCC[C@H]1CCNCC1CC1. The summed E-state index contributed by atoms with van der Waals surface area (Å²) >= 11 is 0. The van der Waals surface area contributed by atoms with Crippen molar-refractivity contribution < 1.29 is 4.74 Å². The first-order valence-electron chi connectivity index (χ1n) is 6.63. The highest BCUT2D eigenvalue weighted by atomic mass is 16.5. The van der Waals surface area contributed by atoms with E-state index in [9.17, 15) is 0 Å². The van der Waals surface area contributed by atoms with Crippen LogP contribution in [0.1, 0.15) is 44.9 Å². The molecule has 2 rings (SSSR count). The standard InChI is InChI=1S/C13H25NO/c1-15-13-5-3-2-4-12(13)8-9-14-10-11-6-7-11/h11-14H,2-10H2,1H3/t12-,13+/m0/s1. The van der Waals surface area contributed by atoms with Gasteiger partial charge in [0, 0.05) is 7.11 Å². The van der Waals surface area contributed by atoms with Gasteiger partial charge in [0.05, 0.1) is 6.10 Å². The molecule has 2 aliphatic rings. The van der Waals surface area contributed by atoms with Crippen molar-refractivity contribution in [1.82, 2.24) is 5.32 Å². The molecule has 0 amide bonds. The third-order valence-corrected chi connectivity index (χ3v) is 3.96. The Morgan fingerprint density at radius 1 is 1.13 bits per heavy atom. The van der Waals surface area contributed by atoms with Gasteiger partial charge in [-0.2, -0.15) is 0 Å². The number of rotatable bonds is 6. The quantitative estimate of drug-likeness (QED) is 0.682. The third-order valence-electron chi connectivity index (χ3n) is 3.96. The number of nitrogens with one attached hydrogen (secondary N) is 1. The predicted octanol–water partition coefficient (Wildman–Crippen LogP) is 2.58. The third kappa shape index (κ3) is 3.76. The van der Waals surface area contributed by atoms with Crippen LogP contribution in [0.3, 0.4) is 0 Å². The molecule has 0 saturated heterocycles. The van der Waals surface area contributed by atoms with Crippen molar-refractivity contribution in [2.45, 2.75) is 51.0 Å². The molecular formula is C13H25NO. The summed E-state index contributed by atoms with van der Waals surface area (Å²) in [5, 5.41) is 3.58. The van der Waals surface area contributed by atoms with E-state index in [0.29, 0.717) is 6.10 Å². The van der Waals surface area contributed by atoms with E-state index in [1.165, 1.54) is 58.0 Å². The van der Waals surface area contributed by atoms with Crippen molar-refractivity contribution in [3.63, 3.8) is 0 Å². The lowest BCUT2D eigenvalue weighted by molar-refractivity contribution is 0.0206. The van der Waals surface area contributed by atoms with Crippen LogP contribution < -0.4 is 5.32 Å². The van der Waals surface area contributed by atoms with Crippen LogP contribution in [0.4, 0.5) is 0 Å². The summed E-state index contributed by atoms with van der Waals surface area (Å²) in [7, 11) is 1.88. The van der Waals surface area contributed by atoms with Crippen LogP contribution in [0, 0.1) is 11.8 Å². The first-order valence-corrected chi connectivity index (χ1v) is 6.63. The van der Waals surface area contributed by atoms with E-state index >= 15 is 0 Å². The highest BCUT2D eigenvalue weighted by molar-refractivity contribution is 4.78. The lowest BCUT2D eigenvalue weighted by Crippen LogP contribution is -2.30. The van der Waals surface area contributed by atoms with Crippen LogP contribution in [-0.2, 0) is 4.74 Å². The molecule has 0 spiro atoms. The molecule has 0 aliphatic heterocycles. The Labute approximate surface area is 93.8 Å². The fourth-order valence-electron chi connectivity index (χ4n) is 2.73. The fourth-order valence-corrected chi connectivity index (χ4v) is 2.73. The minimum absolute atomic E-state index is 0.543. The molecule has 0 heterocycles. The summed E-state index contributed by atoms with van der Waals surface area (Å²) in [6.45, 7) is 2.45. The molecule has 0 aromatic carbocycles. The number of ether oxygens (including phenoxy) is 1. The van der Waals surface area contributed by atoms with Crippen LogP contribution in [0.5, 0.6) is 0 Å². The van der Waals surface area contributed by atoms with Crippen molar-refractivity contribution in [1.29, 1.82) is 0 Å². The molecule has 2 saturated carbocycles. The largest absolute Gasteiger partial charge is 0.381 e. The second-order valence-electron chi connectivity index (χ2n) is 5.25. The topological polar surface area (TPSA) is 21.3 Å². The summed E-state index contributed by atoms with van der Waals surface area (Å²) in [5.74, 6) is 1.82. The number of hydrogen-bond acceptors (Lipinski definition) is 2. The van der Waals surface area contributed by atoms with E-state index in [4.69, 9.17) is 4.74 Å². The number of methoxy groups -OCH3 is 1. The van der Waals surface area contributed by atoms with Crippen molar-refractivity contribution >= 4 is 0 Å². The van der Waals surface area contributed by atoms with Gasteiger partial charge in [-0.1, -0.05) is 12.8 Å². The summed E-state index contributed by atoms with van der Waals surface area (Å²) in [6.07, 6.45) is 10.2. The van der Waals surface area contributed by atoms with Crippen molar-refractivity contribution in [2.24, 2.45) is 11.8 Å². The Kier molecular flexibility index (Phi) is 4.45. The van der Waals surface area contributed by atoms with Gasteiger partial charge in [0.2, 0.25) is 0 Å². The second-order valence-corrected chi connectivity index (χ2v) is 5.25. The monoisotopic (exact) mass is 211 g/mol. The molecule has 88 valence electrons. The molecule has 2 fully saturated rings. The van der Waals surface area contributed by atoms with Gasteiger partial charge in [-0.05, 0) is 57.0 Å². The minimum atomic E-state index is 0.543. The van der Waals surface area contributed by atoms with Gasteiger partial charge in [-0.3, -0.25) is 0 Å². The number of hydrogen-bond donors (Lipinski definition) is 1. The van der Waals surface area contributed by atoms with Gasteiger partial charge in [-0.25, -0.2) is 0 Å². The smallest absolute Gasteiger partial charge is 0.0600 e. The van der Waals surface area contributed by atoms with Gasteiger partial charge in [-0.15, -0.1) is 0 Å². The molecule has 0 aromatic heterocycles. The van der Waals surface area contributed by atoms with E-state index in [2.05, 4.69) is 5.32 Å². The Morgan fingerprint density at radius 3 is 2.67 bits per heavy atom. The van der Waals surface area contributed by atoms with E-state index in [0.717, 1.165) is 11.8 Å². The maximum atomic E-state index is 5.57. The van der Waals surface area contributed by atoms with E-state index < -0.39 is 0 Å². The van der Waals surface area contributed by atoms with E-state index in [1.54, 1.807) is 0 Å². The van der Waals surface area contributed by atoms with Crippen molar-refractivity contribution in [3.8, 4) is 0 Å². The summed E-state index contributed by atoms with van der Waals surface area (Å²) in [4.78, 5) is 0. The normalized spacial score (nSPS) is 31.8. The highest BCUT2D eigenvalue weighted by Gasteiger charge is 2.25.